The number of halogens is 2. The first-order valence-corrected chi connectivity index (χ1v) is 12.2. The Morgan fingerprint density at radius 1 is 1.03 bits per heavy atom. The van der Waals surface area contributed by atoms with Gasteiger partial charge in [-0.2, -0.15) is 4.31 Å². The third-order valence-corrected chi connectivity index (χ3v) is 8.38. The van der Waals surface area contributed by atoms with E-state index in [-0.39, 0.29) is 38.0 Å². The summed E-state index contributed by atoms with van der Waals surface area (Å²) in [5, 5.41) is 1.81. The number of carbonyl (C=O) groups is 2. The van der Waals surface area contributed by atoms with Crippen molar-refractivity contribution in [1.29, 1.82) is 0 Å². The molecule has 2 amide bonds. The second-order valence-corrected chi connectivity index (χ2v) is 10.3. The SMILES string of the molecule is O=C([C@@H]1CCCN1C(=O)c1cccs1)N1CCN(S(=O)(=O)c2ccc(F)cc2F)CC1. The Labute approximate surface area is 182 Å². The fraction of sp³-hybridized carbons (Fsp3) is 0.400. The first kappa shape index (κ1) is 21.8. The lowest BCUT2D eigenvalue weighted by Gasteiger charge is -2.36. The van der Waals surface area contributed by atoms with Gasteiger partial charge in [0.2, 0.25) is 15.9 Å². The van der Waals surface area contributed by atoms with Crippen LogP contribution < -0.4 is 0 Å². The van der Waals surface area contributed by atoms with E-state index in [2.05, 4.69) is 0 Å². The van der Waals surface area contributed by atoms with Crippen molar-refractivity contribution in [1.82, 2.24) is 14.1 Å². The van der Waals surface area contributed by atoms with Crippen molar-refractivity contribution in [2.24, 2.45) is 0 Å². The van der Waals surface area contributed by atoms with E-state index in [1.165, 1.54) is 11.3 Å². The molecule has 2 aliphatic rings. The van der Waals surface area contributed by atoms with Crippen LogP contribution in [0.4, 0.5) is 8.78 Å². The molecule has 0 N–H and O–H groups in total. The van der Waals surface area contributed by atoms with Crippen LogP contribution in [0, 0.1) is 11.6 Å². The molecule has 0 aliphatic carbocycles. The Bertz CT molecular complexity index is 1080. The number of piperazine rings is 1. The largest absolute Gasteiger partial charge is 0.338 e. The van der Waals surface area contributed by atoms with Gasteiger partial charge in [0.1, 0.15) is 22.6 Å². The molecule has 0 spiro atoms. The van der Waals surface area contributed by atoms with Crippen LogP contribution in [0.2, 0.25) is 0 Å². The summed E-state index contributed by atoms with van der Waals surface area (Å²) in [5.74, 6) is -2.37. The van der Waals surface area contributed by atoms with Gasteiger partial charge >= 0.3 is 0 Å². The zero-order chi connectivity index (χ0) is 22.2. The number of rotatable bonds is 4. The Morgan fingerprint density at radius 3 is 2.42 bits per heavy atom. The summed E-state index contributed by atoms with van der Waals surface area (Å²) < 4.78 is 53.7. The summed E-state index contributed by atoms with van der Waals surface area (Å²) >= 11 is 1.33. The quantitative estimate of drug-likeness (QED) is 0.688. The molecule has 1 aromatic carbocycles. The third-order valence-electron chi connectivity index (χ3n) is 5.59. The average molecular weight is 470 g/mol. The predicted octanol–water partition coefficient (Wildman–Crippen LogP) is 2.16. The highest BCUT2D eigenvalue weighted by Crippen LogP contribution is 2.25. The Kier molecular flexibility index (Phi) is 6.09. The molecule has 0 bridgehead atoms. The Morgan fingerprint density at radius 2 is 1.77 bits per heavy atom. The molecule has 4 rings (SSSR count). The number of amides is 2. The van der Waals surface area contributed by atoms with Crippen LogP contribution in [0.5, 0.6) is 0 Å². The van der Waals surface area contributed by atoms with Crippen LogP contribution in [0.15, 0.2) is 40.6 Å². The van der Waals surface area contributed by atoms with Crippen molar-refractivity contribution in [2.45, 2.75) is 23.8 Å². The van der Waals surface area contributed by atoms with E-state index in [1.807, 2.05) is 5.38 Å². The molecule has 31 heavy (non-hydrogen) atoms. The highest BCUT2D eigenvalue weighted by molar-refractivity contribution is 7.89. The van der Waals surface area contributed by atoms with E-state index in [1.54, 1.807) is 21.9 Å². The number of hydrogen-bond acceptors (Lipinski definition) is 5. The van der Waals surface area contributed by atoms with E-state index in [4.69, 9.17) is 0 Å². The van der Waals surface area contributed by atoms with Crippen molar-refractivity contribution >= 4 is 33.2 Å². The highest BCUT2D eigenvalue weighted by atomic mass is 32.2. The molecule has 2 saturated heterocycles. The maximum atomic E-state index is 14.0. The topological polar surface area (TPSA) is 78.0 Å². The van der Waals surface area contributed by atoms with Gasteiger partial charge in [-0.1, -0.05) is 6.07 Å². The lowest BCUT2D eigenvalue weighted by Crippen LogP contribution is -2.55. The maximum Gasteiger partial charge on any atom is 0.264 e. The molecule has 0 saturated carbocycles. The lowest BCUT2D eigenvalue weighted by molar-refractivity contribution is -0.136. The normalized spacial score (nSPS) is 20.3. The van der Waals surface area contributed by atoms with Gasteiger partial charge in [0.25, 0.3) is 5.91 Å². The maximum absolute atomic E-state index is 14.0. The van der Waals surface area contributed by atoms with Crippen LogP contribution in [0.3, 0.4) is 0 Å². The van der Waals surface area contributed by atoms with E-state index >= 15 is 0 Å². The standard InChI is InChI=1S/C20H21F2N3O4S2/c21-14-5-6-18(15(22)13-14)31(28,29)24-10-8-23(9-11-24)19(26)16-3-1-7-25(16)20(27)17-4-2-12-30-17/h2,4-6,12-13,16H,1,3,7-11H2/t16-/m0/s1. The molecule has 0 unspecified atom stereocenters. The Hall–Kier alpha value is -2.37. The number of benzene rings is 1. The molecule has 11 heteroatoms. The van der Waals surface area contributed by atoms with E-state index in [0.29, 0.717) is 23.9 Å². The van der Waals surface area contributed by atoms with Crippen LogP contribution in [-0.2, 0) is 14.8 Å². The first-order chi connectivity index (χ1) is 14.8. The van der Waals surface area contributed by atoms with Gasteiger partial charge < -0.3 is 9.80 Å². The second-order valence-electron chi connectivity index (χ2n) is 7.44. The minimum absolute atomic E-state index is 0.00349. The lowest BCUT2D eigenvalue weighted by atomic mass is 10.1. The van der Waals surface area contributed by atoms with E-state index in [0.717, 1.165) is 22.9 Å². The number of sulfonamides is 1. The van der Waals surface area contributed by atoms with Gasteiger partial charge in [-0.15, -0.1) is 11.3 Å². The van der Waals surface area contributed by atoms with Crippen molar-refractivity contribution < 1.29 is 26.8 Å². The molecule has 166 valence electrons. The fourth-order valence-electron chi connectivity index (χ4n) is 3.99. The van der Waals surface area contributed by atoms with Gasteiger partial charge in [-0.3, -0.25) is 9.59 Å². The van der Waals surface area contributed by atoms with Crippen LogP contribution in [0.25, 0.3) is 0 Å². The minimum Gasteiger partial charge on any atom is -0.338 e. The summed E-state index contributed by atoms with van der Waals surface area (Å²) in [6.45, 7) is 0.773. The number of nitrogens with zero attached hydrogens (tertiary/aromatic N) is 3. The zero-order valence-corrected chi connectivity index (χ0v) is 18.2. The summed E-state index contributed by atoms with van der Waals surface area (Å²) in [6.07, 6.45) is 1.29. The van der Waals surface area contributed by atoms with Gasteiger partial charge in [0.05, 0.1) is 4.88 Å². The summed E-state index contributed by atoms with van der Waals surface area (Å²) in [6, 6.07) is 5.29. The molecule has 1 aromatic heterocycles. The van der Waals surface area contributed by atoms with Gasteiger partial charge in [-0.25, -0.2) is 17.2 Å². The number of carbonyl (C=O) groups excluding carboxylic acids is 2. The molecule has 3 heterocycles. The molecule has 2 aromatic rings. The molecular formula is C20H21F2N3O4S2. The van der Waals surface area contributed by atoms with Crippen LogP contribution in [0.1, 0.15) is 22.5 Å². The van der Waals surface area contributed by atoms with Gasteiger partial charge in [0, 0.05) is 38.8 Å². The molecule has 1 atom stereocenters. The first-order valence-electron chi connectivity index (χ1n) is 9.87. The summed E-state index contributed by atoms with van der Waals surface area (Å²) in [4.78, 5) is 28.9. The second kappa shape index (κ2) is 8.64. The van der Waals surface area contributed by atoms with E-state index < -0.39 is 32.6 Å². The van der Waals surface area contributed by atoms with Crippen molar-refractivity contribution in [2.75, 3.05) is 32.7 Å². The summed E-state index contributed by atoms with van der Waals surface area (Å²) in [7, 11) is -4.14. The Balaban J connectivity index is 1.42. The number of likely N-dealkylation sites (tertiary alicyclic amines) is 1. The monoisotopic (exact) mass is 469 g/mol. The minimum atomic E-state index is -4.14. The molecule has 7 nitrogen and oxygen atoms in total. The molecule has 2 aliphatic heterocycles. The number of hydrogen-bond donors (Lipinski definition) is 0. The summed E-state index contributed by atoms with van der Waals surface area (Å²) in [5.41, 5.74) is 0. The third kappa shape index (κ3) is 4.21. The predicted molar refractivity (Wildman–Crippen MR) is 110 cm³/mol. The zero-order valence-electron chi connectivity index (χ0n) is 16.5. The van der Waals surface area contributed by atoms with Crippen molar-refractivity contribution in [3.63, 3.8) is 0 Å². The van der Waals surface area contributed by atoms with Crippen LogP contribution >= 0.6 is 11.3 Å². The molecule has 0 radical (unpaired) electrons. The molecule has 2 fully saturated rings. The highest BCUT2D eigenvalue weighted by Gasteiger charge is 2.39. The van der Waals surface area contributed by atoms with Crippen LogP contribution in [-0.4, -0.2) is 73.1 Å². The van der Waals surface area contributed by atoms with Crippen molar-refractivity contribution in [3.05, 3.63) is 52.2 Å². The van der Waals surface area contributed by atoms with Crippen molar-refractivity contribution in [3.8, 4) is 0 Å². The molecular weight excluding hydrogens is 448 g/mol. The van der Waals surface area contributed by atoms with Gasteiger partial charge in [0.15, 0.2) is 0 Å². The van der Waals surface area contributed by atoms with E-state index in [9.17, 15) is 26.8 Å². The average Bonchev–Trinajstić information content (AvgIpc) is 3.45. The number of thiophene rings is 1. The fourth-order valence-corrected chi connectivity index (χ4v) is 6.14. The smallest absolute Gasteiger partial charge is 0.264 e. The van der Waals surface area contributed by atoms with Gasteiger partial charge in [-0.05, 0) is 36.4 Å².